The molecule has 0 unspecified atom stereocenters. The average molecular weight is 398 g/mol. The molecule has 2 aliphatic rings. The first-order valence-electron chi connectivity index (χ1n) is 9.75. The smallest absolute Gasteiger partial charge is 0.231 e. The molecule has 0 atom stereocenters. The molecule has 1 saturated heterocycles. The third-order valence-electron chi connectivity index (χ3n) is 5.01. The zero-order valence-corrected chi connectivity index (χ0v) is 16.5. The Morgan fingerprint density at radius 1 is 1.10 bits per heavy atom. The fourth-order valence-electron chi connectivity index (χ4n) is 3.52. The van der Waals surface area contributed by atoms with Gasteiger partial charge in [0.15, 0.2) is 17.5 Å². The van der Waals surface area contributed by atoms with E-state index >= 15 is 0 Å². The molecule has 0 radical (unpaired) electrons. The molecule has 2 N–H and O–H groups in total. The monoisotopic (exact) mass is 398 g/mol. The van der Waals surface area contributed by atoms with Crippen molar-refractivity contribution in [2.24, 2.45) is 4.99 Å². The molecule has 2 aromatic carbocycles. The van der Waals surface area contributed by atoms with Crippen molar-refractivity contribution in [1.29, 1.82) is 0 Å². The molecule has 8 nitrogen and oxygen atoms in total. The maximum atomic E-state index is 10.1. The highest BCUT2D eigenvalue weighted by molar-refractivity contribution is 5.80. The maximum absolute atomic E-state index is 10.1. The minimum Gasteiger partial charge on any atom is -0.506 e. The molecule has 29 heavy (non-hydrogen) atoms. The highest BCUT2D eigenvalue weighted by Gasteiger charge is 2.21. The summed E-state index contributed by atoms with van der Waals surface area (Å²) in [6.45, 7) is 4.72. The highest BCUT2D eigenvalue weighted by atomic mass is 16.7. The number of piperazine rings is 1. The van der Waals surface area contributed by atoms with Crippen molar-refractivity contribution in [2.45, 2.75) is 0 Å². The Morgan fingerprint density at radius 2 is 1.90 bits per heavy atom. The van der Waals surface area contributed by atoms with Crippen LogP contribution < -0.4 is 24.4 Å². The number of anilines is 1. The first-order valence-corrected chi connectivity index (χ1v) is 9.75. The molecule has 0 spiro atoms. The van der Waals surface area contributed by atoms with Crippen molar-refractivity contribution in [3.63, 3.8) is 0 Å². The van der Waals surface area contributed by atoms with E-state index in [9.17, 15) is 5.11 Å². The molecule has 2 aliphatic heterocycles. The van der Waals surface area contributed by atoms with Crippen LogP contribution in [0.4, 0.5) is 5.69 Å². The largest absolute Gasteiger partial charge is 0.506 e. The summed E-state index contributed by atoms with van der Waals surface area (Å²) in [5.41, 5.74) is 0.882. The second-order valence-corrected chi connectivity index (χ2v) is 6.80. The lowest BCUT2D eigenvalue weighted by molar-refractivity contribution is 0.173. The van der Waals surface area contributed by atoms with E-state index in [-0.39, 0.29) is 6.79 Å². The normalized spacial score (nSPS) is 16.1. The molecule has 154 valence electrons. The van der Waals surface area contributed by atoms with Crippen LogP contribution in [0.25, 0.3) is 0 Å². The van der Waals surface area contributed by atoms with E-state index in [0.717, 1.165) is 49.3 Å². The Labute approximate surface area is 170 Å². The van der Waals surface area contributed by atoms with Gasteiger partial charge in [-0.05, 0) is 24.3 Å². The van der Waals surface area contributed by atoms with Gasteiger partial charge < -0.3 is 34.4 Å². The van der Waals surface area contributed by atoms with Gasteiger partial charge in [-0.3, -0.25) is 4.99 Å². The lowest BCUT2D eigenvalue weighted by atomic mass is 10.2. The summed E-state index contributed by atoms with van der Waals surface area (Å²) < 4.78 is 16.5. The van der Waals surface area contributed by atoms with E-state index in [2.05, 4.69) is 20.1 Å². The summed E-state index contributed by atoms with van der Waals surface area (Å²) in [6, 6.07) is 13.0. The van der Waals surface area contributed by atoms with Crippen molar-refractivity contribution in [2.75, 3.05) is 58.1 Å². The Hall–Kier alpha value is -3.29. The number of hydrogen-bond donors (Lipinski definition) is 2. The second-order valence-electron chi connectivity index (χ2n) is 6.80. The van der Waals surface area contributed by atoms with E-state index in [0.29, 0.717) is 24.7 Å². The second kappa shape index (κ2) is 8.81. The highest BCUT2D eigenvalue weighted by Crippen LogP contribution is 2.35. The van der Waals surface area contributed by atoms with Crippen LogP contribution in [-0.2, 0) is 0 Å². The minimum atomic E-state index is 0.258. The first-order chi connectivity index (χ1) is 14.2. The molecule has 0 amide bonds. The number of phenolic OH excluding ortho intramolecular Hbond substituents is 1. The number of rotatable bonds is 5. The standard InChI is InChI=1S/C21H26N4O4/c1-22-21(23-8-13-27-16-6-7-19-20(14-16)29-15-28-19)25-11-9-24(10-12-25)17-4-2-3-5-18(17)26/h2-7,14,26H,8-13,15H2,1H3,(H,22,23). The van der Waals surface area contributed by atoms with E-state index in [1.54, 1.807) is 13.1 Å². The maximum Gasteiger partial charge on any atom is 0.231 e. The van der Waals surface area contributed by atoms with Crippen LogP contribution in [-0.4, -0.2) is 69.1 Å². The SMILES string of the molecule is CN=C(NCCOc1ccc2c(c1)OCO2)N1CCN(c2ccccc2O)CC1. The summed E-state index contributed by atoms with van der Waals surface area (Å²) in [4.78, 5) is 8.81. The fourth-order valence-corrected chi connectivity index (χ4v) is 3.52. The van der Waals surface area contributed by atoms with Crippen LogP contribution in [0.3, 0.4) is 0 Å². The minimum absolute atomic E-state index is 0.258. The Bertz CT molecular complexity index is 866. The summed E-state index contributed by atoms with van der Waals surface area (Å²) in [5.74, 6) is 3.40. The number of aromatic hydroxyl groups is 1. The van der Waals surface area contributed by atoms with Gasteiger partial charge in [0.05, 0.1) is 12.2 Å². The van der Waals surface area contributed by atoms with Gasteiger partial charge in [-0.15, -0.1) is 0 Å². The van der Waals surface area contributed by atoms with Crippen LogP contribution in [0.1, 0.15) is 0 Å². The molecular weight excluding hydrogens is 372 g/mol. The van der Waals surface area contributed by atoms with E-state index in [4.69, 9.17) is 14.2 Å². The molecule has 0 aromatic heterocycles. The molecule has 0 bridgehead atoms. The predicted molar refractivity (Wildman–Crippen MR) is 111 cm³/mol. The summed E-state index contributed by atoms with van der Waals surface area (Å²) in [7, 11) is 1.79. The van der Waals surface area contributed by atoms with Crippen molar-refractivity contribution in [3.8, 4) is 23.0 Å². The quantitative estimate of drug-likeness (QED) is 0.452. The molecule has 8 heteroatoms. The topological polar surface area (TPSA) is 78.8 Å². The zero-order valence-electron chi connectivity index (χ0n) is 16.5. The van der Waals surface area contributed by atoms with Gasteiger partial charge in [0.1, 0.15) is 18.1 Å². The summed E-state index contributed by atoms with van der Waals surface area (Å²) >= 11 is 0. The molecule has 0 aliphatic carbocycles. The molecule has 4 rings (SSSR count). The number of ether oxygens (including phenoxy) is 3. The van der Waals surface area contributed by atoms with E-state index in [1.165, 1.54) is 0 Å². The number of nitrogens with one attached hydrogen (secondary N) is 1. The van der Waals surface area contributed by atoms with Gasteiger partial charge in [0, 0.05) is 39.3 Å². The van der Waals surface area contributed by atoms with Gasteiger partial charge in [0.2, 0.25) is 6.79 Å². The third kappa shape index (κ3) is 4.42. The number of hydrogen-bond acceptors (Lipinski definition) is 6. The van der Waals surface area contributed by atoms with Crippen LogP contribution >= 0.6 is 0 Å². The fraction of sp³-hybridized carbons (Fsp3) is 0.381. The molecule has 2 heterocycles. The number of phenols is 1. The zero-order chi connectivity index (χ0) is 20.1. The molecule has 1 fully saturated rings. The van der Waals surface area contributed by atoms with E-state index in [1.807, 2.05) is 36.4 Å². The number of benzene rings is 2. The van der Waals surface area contributed by atoms with E-state index < -0.39 is 0 Å². The molecule has 2 aromatic rings. The van der Waals surface area contributed by atoms with Crippen LogP contribution in [0.5, 0.6) is 23.0 Å². The first kappa shape index (κ1) is 19.0. The van der Waals surface area contributed by atoms with Crippen molar-refractivity contribution >= 4 is 11.6 Å². The van der Waals surface area contributed by atoms with Crippen LogP contribution in [0.15, 0.2) is 47.5 Å². The van der Waals surface area contributed by atoms with Gasteiger partial charge in [0.25, 0.3) is 0 Å². The van der Waals surface area contributed by atoms with Gasteiger partial charge in [-0.2, -0.15) is 0 Å². The number of nitrogens with zero attached hydrogens (tertiary/aromatic N) is 3. The van der Waals surface area contributed by atoms with Gasteiger partial charge >= 0.3 is 0 Å². The Kier molecular flexibility index (Phi) is 5.79. The molecule has 0 saturated carbocycles. The lowest BCUT2D eigenvalue weighted by Crippen LogP contribution is -2.53. The Balaban J connectivity index is 1.22. The van der Waals surface area contributed by atoms with Crippen molar-refractivity contribution < 1.29 is 19.3 Å². The Morgan fingerprint density at radius 3 is 2.69 bits per heavy atom. The van der Waals surface area contributed by atoms with Crippen molar-refractivity contribution in [3.05, 3.63) is 42.5 Å². The number of fused-ring (bicyclic) bond motifs is 1. The lowest BCUT2D eigenvalue weighted by Gasteiger charge is -2.37. The van der Waals surface area contributed by atoms with Crippen LogP contribution in [0, 0.1) is 0 Å². The van der Waals surface area contributed by atoms with Crippen LogP contribution in [0.2, 0.25) is 0 Å². The third-order valence-corrected chi connectivity index (χ3v) is 5.01. The average Bonchev–Trinajstić information content (AvgIpc) is 3.22. The van der Waals surface area contributed by atoms with Crippen molar-refractivity contribution in [1.82, 2.24) is 10.2 Å². The number of aliphatic imine (C=N–C) groups is 1. The molecular formula is C21H26N4O4. The van der Waals surface area contributed by atoms with Gasteiger partial charge in [-0.25, -0.2) is 0 Å². The number of guanidine groups is 1. The van der Waals surface area contributed by atoms with Gasteiger partial charge in [-0.1, -0.05) is 12.1 Å². The summed E-state index contributed by atoms with van der Waals surface area (Å²) in [5, 5.41) is 13.4. The number of para-hydroxylation sites is 2. The summed E-state index contributed by atoms with van der Waals surface area (Å²) in [6.07, 6.45) is 0. The predicted octanol–water partition coefficient (Wildman–Crippen LogP) is 1.90.